The zero-order valence-electron chi connectivity index (χ0n) is 7.40. The van der Waals surface area contributed by atoms with E-state index in [4.69, 9.17) is 10.2 Å². The van der Waals surface area contributed by atoms with Gasteiger partial charge in [0.15, 0.2) is 0 Å². The molecular weight excluding hydrogens is 172 g/mol. The van der Waals surface area contributed by atoms with Crippen molar-refractivity contribution in [3.8, 4) is 0 Å². The molecule has 1 saturated carbocycles. The van der Waals surface area contributed by atoms with Gasteiger partial charge in [0.2, 0.25) is 0 Å². The molecule has 2 unspecified atom stereocenters. The summed E-state index contributed by atoms with van der Waals surface area (Å²) in [5.41, 5.74) is 0. The standard InChI is InChI=1S/C9H14O4/c10-8(11)3-1-2-6-4-7(6)5-9(12)13/h6-7H,1-5H2,(H,10,11)(H,12,13). The van der Waals surface area contributed by atoms with Crippen LogP contribution >= 0.6 is 0 Å². The second-order valence-corrected chi connectivity index (χ2v) is 3.64. The molecule has 0 radical (unpaired) electrons. The molecule has 1 fully saturated rings. The fourth-order valence-corrected chi connectivity index (χ4v) is 1.65. The van der Waals surface area contributed by atoms with Crippen LogP contribution in [0.25, 0.3) is 0 Å². The lowest BCUT2D eigenvalue weighted by Crippen LogP contribution is -1.98. The van der Waals surface area contributed by atoms with Crippen molar-refractivity contribution in [3.63, 3.8) is 0 Å². The van der Waals surface area contributed by atoms with Gasteiger partial charge in [-0.05, 0) is 31.1 Å². The minimum absolute atomic E-state index is 0.205. The third-order valence-electron chi connectivity index (χ3n) is 2.47. The first-order valence-corrected chi connectivity index (χ1v) is 4.53. The second kappa shape index (κ2) is 4.25. The van der Waals surface area contributed by atoms with Gasteiger partial charge in [0.1, 0.15) is 0 Å². The molecule has 0 saturated heterocycles. The Hall–Kier alpha value is -1.06. The molecular formula is C9H14O4. The molecule has 0 aromatic rings. The summed E-state index contributed by atoms with van der Waals surface area (Å²) >= 11 is 0. The largest absolute Gasteiger partial charge is 0.481 e. The van der Waals surface area contributed by atoms with Crippen molar-refractivity contribution < 1.29 is 19.8 Å². The van der Waals surface area contributed by atoms with E-state index in [-0.39, 0.29) is 12.8 Å². The highest BCUT2D eigenvalue weighted by Crippen LogP contribution is 2.44. The molecule has 0 aromatic heterocycles. The molecule has 0 heterocycles. The first kappa shape index (κ1) is 10.0. The maximum atomic E-state index is 10.3. The summed E-state index contributed by atoms with van der Waals surface area (Å²) in [5.74, 6) is -0.733. The third-order valence-corrected chi connectivity index (χ3v) is 2.47. The number of carboxylic acids is 2. The Morgan fingerprint density at radius 2 is 1.85 bits per heavy atom. The topological polar surface area (TPSA) is 74.6 Å². The smallest absolute Gasteiger partial charge is 0.303 e. The number of rotatable bonds is 6. The normalized spacial score (nSPS) is 25.5. The van der Waals surface area contributed by atoms with E-state index < -0.39 is 11.9 Å². The highest BCUT2D eigenvalue weighted by atomic mass is 16.4. The van der Waals surface area contributed by atoms with Gasteiger partial charge in [-0.25, -0.2) is 0 Å². The molecule has 0 bridgehead atoms. The summed E-state index contributed by atoms with van der Waals surface area (Å²) in [5, 5.41) is 16.8. The maximum absolute atomic E-state index is 10.3. The molecule has 2 atom stereocenters. The predicted octanol–water partition coefficient (Wildman–Crippen LogP) is 1.35. The monoisotopic (exact) mass is 186 g/mol. The van der Waals surface area contributed by atoms with Crippen LogP contribution in [0.15, 0.2) is 0 Å². The van der Waals surface area contributed by atoms with Gasteiger partial charge >= 0.3 is 11.9 Å². The van der Waals surface area contributed by atoms with Gasteiger partial charge in [-0.3, -0.25) is 9.59 Å². The van der Waals surface area contributed by atoms with E-state index in [2.05, 4.69) is 0 Å². The summed E-state index contributed by atoms with van der Waals surface area (Å²) in [6.07, 6.45) is 2.96. The summed E-state index contributed by atoms with van der Waals surface area (Å²) < 4.78 is 0. The van der Waals surface area contributed by atoms with Gasteiger partial charge in [0.05, 0.1) is 0 Å². The van der Waals surface area contributed by atoms with Gasteiger partial charge in [0, 0.05) is 12.8 Å². The van der Waals surface area contributed by atoms with E-state index in [1.54, 1.807) is 0 Å². The second-order valence-electron chi connectivity index (χ2n) is 3.64. The van der Waals surface area contributed by atoms with Gasteiger partial charge in [-0.15, -0.1) is 0 Å². The molecule has 0 aliphatic heterocycles. The van der Waals surface area contributed by atoms with Gasteiger partial charge in [0.25, 0.3) is 0 Å². The Bertz CT molecular complexity index is 212. The summed E-state index contributed by atoms with van der Waals surface area (Å²) in [7, 11) is 0. The van der Waals surface area contributed by atoms with Gasteiger partial charge in [-0.2, -0.15) is 0 Å². The van der Waals surface area contributed by atoms with Crippen molar-refractivity contribution >= 4 is 11.9 Å². The molecule has 4 heteroatoms. The molecule has 13 heavy (non-hydrogen) atoms. The molecule has 0 amide bonds. The van der Waals surface area contributed by atoms with Gasteiger partial charge in [-0.1, -0.05) is 0 Å². The quantitative estimate of drug-likeness (QED) is 0.656. The van der Waals surface area contributed by atoms with E-state index in [9.17, 15) is 9.59 Å². The first-order chi connectivity index (χ1) is 6.09. The Kier molecular flexibility index (Phi) is 3.28. The first-order valence-electron chi connectivity index (χ1n) is 4.53. The van der Waals surface area contributed by atoms with Crippen molar-refractivity contribution in [1.29, 1.82) is 0 Å². The van der Waals surface area contributed by atoms with Crippen LogP contribution < -0.4 is 0 Å². The lowest BCUT2D eigenvalue weighted by Gasteiger charge is -1.95. The molecule has 1 rings (SSSR count). The van der Waals surface area contributed by atoms with Crippen LogP contribution in [0.1, 0.15) is 32.1 Å². The molecule has 0 spiro atoms. The lowest BCUT2D eigenvalue weighted by molar-refractivity contribution is -0.138. The van der Waals surface area contributed by atoms with Crippen LogP contribution in [-0.4, -0.2) is 22.2 Å². The Balaban J connectivity index is 2.01. The highest BCUT2D eigenvalue weighted by molar-refractivity contribution is 5.67. The molecule has 1 aliphatic rings. The van der Waals surface area contributed by atoms with Crippen molar-refractivity contribution in [2.24, 2.45) is 11.8 Å². The zero-order valence-corrected chi connectivity index (χ0v) is 7.40. The highest BCUT2D eigenvalue weighted by Gasteiger charge is 2.37. The van der Waals surface area contributed by atoms with Crippen LogP contribution in [0.2, 0.25) is 0 Å². The van der Waals surface area contributed by atoms with Crippen LogP contribution in [-0.2, 0) is 9.59 Å². The van der Waals surface area contributed by atoms with E-state index in [0.717, 1.165) is 12.8 Å². The van der Waals surface area contributed by atoms with Crippen LogP contribution in [0.5, 0.6) is 0 Å². The third kappa shape index (κ3) is 3.92. The number of carboxylic acid groups (broad SMARTS) is 2. The molecule has 4 nitrogen and oxygen atoms in total. The van der Waals surface area contributed by atoms with E-state index in [0.29, 0.717) is 18.3 Å². The minimum atomic E-state index is -0.768. The van der Waals surface area contributed by atoms with Gasteiger partial charge < -0.3 is 10.2 Å². The van der Waals surface area contributed by atoms with Crippen LogP contribution in [0.4, 0.5) is 0 Å². The average molecular weight is 186 g/mol. The van der Waals surface area contributed by atoms with E-state index in [1.165, 1.54) is 0 Å². The van der Waals surface area contributed by atoms with Crippen LogP contribution in [0.3, 0.4) is 0 Å². The summed E-state index contributed by atoms with van der Waals surface area (Å²) in [6, 6.07) is 0. The number of hydrogen-bond donors (Lipinski definition) is 2. The number of aliphatic carboxylic acids is 2. The van der Waals surface area contributed by atoms with Crippen molar-refractivity contribution in [2.45, 2.75) is 32.1 Å². The molecule has 0 aromatic carbocycles. The van der Waals surface area contributed by atoms with Crippen molar-refractivity contribution in [1.82, 2.24) is 0 Å². The Labute approximate surface area is 76.6 Å². The summed E-state index contributed by atoms with van der Waals surface area (Å²) in [4.78, 5) is 20.4. The lowest BCUT2D eigenvalue weighted by atomic mass is 10.1. The number of carbonyl (C=O) groups is 2. The van der Waals surface area contributed by atoms with Crippen molar-refractivity contribution in [2.75, 3.05) is 0 Å². The fraction of sp³-hybridized carbons (Fsp3) is 0.778. The summed E-state index contributed by atoms with van der Waals surface area (Å²) in [6.45, 7) is 0. The molecule has 1 aliphatic carbocycles. The average Bonchev–Trinajstić information content (AvgIpc) is 2.65. The molecule has 74 valence electrons. The Morgan fingerprint density at radius 1 is 1.15 bits per heavy atom. The zero-order chi connectivity index (χ0) is 9.84. The fourth-order valence-electron chi connectivity index (χ4n) is 1.65. The predicted molar refractivity (Wildman–Crippen MR) is 45.3 cm³/mol. The van der Waals surface area contributed by atoms with E-state index >= 15 is 0 Å². The maximum Gasteiger partial charge on any atom is 0.303 e. The minimum Gasteiger partial charge on any atom is -0.481 e. The SMILES string of the molecule is O=C(O)CCCC1CC1CC(=O)O. The molecule has 2 N–H and O–H groups in total. The van der Waals surface area contributed by atoms with E-state index in [1.807, 2.05) is 0 Å². The number of hydrogen-bond acceptors (Lipinski definition) is 2. The Morgan fingerprint density at radius 3 is 2.38 bits per heavy atom. The van der Waals surface area contributed by atoms with Crippen LogP contribution in [0, 0.1) is 11.8 Å². The van der Waals surface area contributed by atoms with Crippen molar-refractivity contribution in [3.05, 3.63) is 0 Å².